The summed E-state index contributed by atoms with van der Waals surface area (Å²) in [4.78, 5) is 31.7. The maximum absolute atomic E-state index is 13.1. The molecule has 1 aromatic heterocycles. The first-order chi connectivity index (χ1) is 16.0. The van der Waals surface area contributed by atoms with Crippen LogP contribution in [0.2, 0.25) is 5.02 Å². The van der Waals surface area contributed by atoms with Gasteiger partial charge in [0.25, 0.3) is 5.91 Å². The minimum absolute atomic E-state index is 0.0239. The van der Waals surface area contributed by atoms with Crippen molar-refractivity contribution in [3.8, 4) is 11.5 Å². The van der Waals surface area contributed by atoms with Crippen molar-refractivity contribution in [2.75, 3.05) is 13.7 Å². The molecule has 172 valence electrons. The number of carbonyl (C=O) groups excluding carboxylic acids is 2. The zero-order valence-corrected chi connectivity index (χ0v) is 19.2. The van der Waals surface area contributed by atoms with Gasteiger partial charge in [-0.25, -0.2) is 4.98 Å². The molecule has 1 aliphatic carbocycles. The van der Waals surface area contributed by atoms with Crippen LogP contribution in [0.25, 0.3) is 22.6 Å². The smallest absolute Gasteiger partial charge is 0.253 e. The molecule has 1 saturated heterocycles. The monoisotopic (exact) mass is 467 g/mol. The summed E-state index contributed by atoms with van der Waals surface area (Å²) in [7, 11) is 1.83. The van der Waals surface area contributed by atoms with E-state index in [0.29, 0.717) is 28.7 Å². The number of hydrogen-bond donors (Lipinski definition) is 1. The number of rotatable bonds is 5. The van der Waals surface area contributed by atoms with Crippen LogP contribution in [0.15, 0.2) is 46.9 Å². The number of amides is 2. The molecule has 0 spiro atoms. The highest BCUT2D eigenvalue weighted by Crippen LogP contribution is 2.28. The van der Waals surface area contributed by atoms with Crippen LogP contribution < -0.4 is 5.32 Å². The Bertz CT molecular complexity index is 1170. The van der Waals surface area contributed by atoms with Crippen molar-refractivity contribution in [2.24, 2.45) is 0 Å². The second kappa shape index (κ2) is 9.15. The number of carbonyl (C=O) groups is 2. The van der Waals surface area contributed by atoms with E-state index in [9.17, 15) is 9.59 Å². The van der Waals surface area contributed by atoms with Crippen molar-refractivity contribution in [1.29, 1.82) is 0 Å². The lowest BCUT2D eigenvalue weighted by molar-refractivity contribution is -0.130. The molecule has 0 bridgehead atoms. The van der Waals surface area contributed by atoms with Crippen LogP contribution in [0.1, 0.15) is 42.5 Å². The summed E-state index contributed by atoms with van der Waals surface area (Å²) < 4.78 is 11.3. The summed E-state index contributed by atoms with van der Waals surface area (Å²) in [5.74, 6) is 0.423. The molecule has 1 saturated carbocycles. The first-order valence-electron chi connectivity index (χ1n) is 11.3. The molecule has 1 aliphatic heterocycles. The highest BCUT2D eigenvalue weighted by Gasteiger charge is 2.33. The summed E-state index contributed by atoms with van der Waals surface area (Å²) in [6.07, 6.45) is 3.88. The number of halogens is 1. The molecule has 8 heteroatoms. The average Bonchev–Trinajstić information content (AvgIpc) is 3.58. The standard InChI is InChI=1S/C25H26ClN3O4/c1-29(19-10-9-18(14-19)27-23(30)21-3-2-12-32-21)25(31)16-6-4-15(5-7-16)24-28-20-11-8-17(26)13-22(20)33-24/h4-8,11,13,18-19,21H,2-3,9-10,12,14H2,1H3,(H,27,30). The van der Waals surface area contributed by atoms with Crippen LogP contribution >= 0.6 is 11.6 Å². The quantitative estimate of drug-likeness (QED) is 0.599. The van der Waals surface area contributed by atoms with E-state index in [1.807, 2.05) is 25.2 Å². The number of aromatic nitrogens is 1. The topological polar surface area (TPSA) is 84.7 Å². The summed E-state index contributed by atoms with van der Waals surface area (Å²) >= 11 is 6.02. The summed E-state index contributed by atoms with van der Waals surface area (Å²) in [6, 6.07) is 12.8. The molecule has 1 N–H and O–H groups in total. The van der Waals surface area contributed by atoms with Crippen LogP contribution in [0.4, 0.5) is 0 Å². The third-order valence-corrected chi connectivity index (χ3v) is 6.81. The Hall–Kier alpha value is -2.90. The zero-order chi connectivity index (χ0) is 22.9. The number of oxazole rings is 1. The predicted octanol–water partition coefficient (Wildman–Crippen LogP) is 4.44. The van der Waals surface area contributed by atoms with E-state index in [-0.39, 0.29) is 30.0 Å². The minimum Gasteiger partial charge on any atom is -0.436 e. The molecular formula is C25H26ClN3O4. The van der Waals surface area contributed by atoms with Crippen molar-refractivity contribution >= 4 is 34.5 Å². The fraction of sp³-hybridized carbons (Fsp3) is 0.400. The molecule has 33 heavy (non-hydrogen) atoms. The average molecular weight is 468 g/mol. The molecule has 2 fully saturated rings. The van der Waals surface area contributed by atoms with E-state index in [4.69, 9.17) is 20.8 Å². The molecule has 2 heterocycles. The number of fused-ring (bicyclic) bond motifs is 1. The van der Waals surface area contributed by atoms with Gasteiger partial charge in [-0.1, -0.05) is 11.6 Å². The van der Waals surface area contributed by atoms with Gasteiger partial charge in [-0.15, -0.1) is 0 Å². The van der Waals surface area contributed by atoms with E-state index >= 15 is 0 Å². The van der Waals surface area contributed by atoms with Crippen LogP contribution in [0, 0.1) is 0 Å². The number of hydrogen-bond acceptors (Lipinski definition) is 5. The Kier molecular flexibility index (Phi) is 6.08. The van der Waals surface area contributed by atoms with Gasteiger partial charge in [-0.3, -0.25) is 9.59 Å². The van der Waals surface area contributed by atoms with Gasteiger partial charge in [0, 0.05) is 48.0 Å². The van der Waals surface area contributed by atoms with Crippen molar-refractivity contribution < 1.29 is 18.7 Å². The van der Waals surface area contributed by atoms with Crippen molar-refractivity contribution in [1.82, 2.24) is 15.2 Å². The Morgan fingerprint density at radius 1 is 1.12 bits per heavy atom. The summed E-state index contributed by atoms with van der Waals surface area (Å²) in [5, 5.41) is 3.69. The van der Waals surface area contributed by atoms with E-state index in [0.717, 1.165) is 43.2 Å². The van der Waals surface area contributed by atoms with Gasteiger partial charge in [0.05, 0.1) is 0 Å². The normalized spacial score (nSPS) is 22.5. The van der Waals surface area contributed by atoms with Gasteiger partial charge in [-0.05, 0) is 68.5 Å². The number of ether oxygens (including phenoxy) is 1. The summed E-state index contributed by atoms with van der Waals surface area (Å²) in [6.45, 7) is 0.655. The number of nitrogens with one attached hydrogen (secondary N) is 1. The van der Waals surface area contributed by atoms with Crippen molar-refractivity contribution in [3.63, 3.8) is 0 Å². The van der Waals surface area contributed by atoms with Crippen LogP contribution in [0.3, 0.4) is 0 Å². The fourth-order valence-electron chi connectivity index (χ4n) is 4.67. The van der Waals surface area contributed by atoms with Gasteiger partial charge in [0.1, 0.15) is 11.6 Å². The third kappa shape index (κ3) is 4.61. The Morgan fingerprint density at radius 2 is 1.94 bits per heavy atom. The van der Waals surface area contributed by atoms with Crippen molar-refractivity contribution in [2.45, 2.75) is 50.3 Å². The highest BCUT2D eigenvalue weighted by molar-refractivity contribution is 6.31. The van der Waals surface area contributed by atoms with Gasteiger partial charge >= 0.3 is 0 Å². The van der Waals surface area contributed by atoms with E-state index in [1.165, 1.54) is 0 Å². The van der Waals surface area contributed by atoms with E-state index < -0.39 is 0 Å². The second-order valence-corrected chi connectivity index (χ2v) is 9.23. The van der Waals surface area contributed by atoms with E-state index in [2.05, 4.69) is 10.3 Å². The lowest BCUT2D eigenvalue weighted by Crippen LogP contribution is -2.41. The van der Waals surface area contributed by atoms with Gasteiger partial charge < -0.3 is 19.4 Å². The van der Waals surface area contributed by atoms with Gasteiger partial charge in [-0.2, -0.15) is 0 Å². The van der Waals surface area contributed by atoms with Gasteiger partial charge in [0.15, 0.2) is 5.58 Å². The Labute approximate surface area is 197 Å². The molecule has 3 aromatic rings. The second-order valence-electron chi connectivity index (χ2n) is 8.80. The molecule has 3 atom stereocenters. The molecule has 5 rings (SSSR count). The molecule has 7 nitrogen and oxygen atoms in total. The first kappa shape index (κ1) is 21.9. The molecule has 0 radical (unpaired) electrons. The van der Waals surface area contributed by atoms with E-state index in [1.54, 1.807) is 29.2 Å². The molecule has 3 unspecified atom stereocenters. The highest BCUT2D eigenvalue weighted by atomic mass is 35.5. The van der Waals surface area contributed by atoms with Crippen LogP contribution in [0.5, 0.6) is 0 Å². The molecule has 2 aliphatic rings. The third-order valence-electron chi connectivity index (χ3n) is 6.57. The number of benzene rings is 2. The van der Waals surface area contributed by atoms with Gasteiger partial charge in [0.2, 0.25) is 11.8 Å². The lowest BCUT2D eigenvalue weighted by atomic mass is 10.1. The van der Waals surface area contributed by atoms with Crippen molar-refractivity contribution in [3.05, 3.63) is 53.1 Å². The largest absolute Gasteiger partial charge is 0.436 e. The minimum atomic E-state index is -0.319. The lowest BCUT2D eigenvalue weighted by Gasteiger charge is -2.25. The maximum atomic E-state index is 13.1. The number of nitrogens with zero attached hydrogens (tertiary/aromatic N) is 2. The zero-order valence-electron chi connectivity index (χ0n) is 18.4. The SMILES string of the molecule is CN(C(=O)c1ccc(-c2nc3ccc(Cl)cc3o2)cc1)C1CCC(NC(=O)C2CCCO2)C1. The van der Waals surface area contributed by atoms with Crippen LogP contribution in [-0.4, -0.2) is 53.5 Å². The summed E-state index contributed by atoms with van der Waals surface area (Å²) in [5.41, 5.74) is 2.75. The first-order valence-corrected chi connectivity index (χ1v) is 11.7. The molecule has 2 amide bonds. The maximum Gasteiger partial charge on any atom is 0.253 e. The Morgan fingerprint density at radius 3 is 2.70 bits per heavy atom. The predicted molar refractivity (Wildman–Crippen MR) is 125 cm³/mol. The molecule has 2 aromatic carbocycles. The molecular weight excluding hydrogens is 442 g/mol. The Balaban J connectivity index is 1.21. The fourth-order valence-corrected chi connectivity index (χ4v) is 4.83. The van der Waals surface area contributed by atoms with Crippen LogP contribution in [-0.2, 0) is 9.53 Å².